The molecule has 0 spiro atoms. The number of fused-ring (bicyclic) bond motifs is 1. The minimum Gasteiger partial charge on any atom is -0.379 e. The third kappa shape index (κ3) is 7.01. The number of carbonyl (C=O) groups is 2. The van der Waals surface area contributed by atoms with Gasteiger partial charge in [0.05, 0.1) is 25.9 Å². The van der Waals surface area contributed by atoms with E-state index in [9.17, 15) is 9.59 Å². The quantitative estimate of drug-likeness (QED) is 0.738. The molecule has 2 amide bonds. The molecule has 1 aromatic heterocycles. The van der Waals surface area contributed by atoms with Crippen LogP contribution in [0.2, 0.25) is 0 Å². The van der Waals surface area contributed by atoms with E-state index >= 15 is 0 Å². The van der Waals surface area contributed by atoms with Gasteiger partial charge in [0.1, 0.15) is 0 Å². The second kappa shape index (κ2) is 12.0. The summed E-state index contributed by atoms with van der Waals surface area (Å²) in [5.74, 6) is -0.517. The lowest BCUT2D eigenvalue weighted by molar-refractivity contribution is -0.117. The molecular formula is C24H29N3O4. The van der Waals surface area contributed by atoms with Crippen molar-refractivity contribution in [2.24, 2.45) is 0 Å². The van der Waals surface area contributed by atoms with Crippen LogP contribution in [0.3, 0.4) is 0 Å². The minimum atomic E-state index is -0.471. The number of ether oxygens (including phenoxy) is 2. The van der Waals surface area contributed by atoms with Crippen molar-refractivity contribution in [3.8, 4) is 0 Å². The lowest BCUT2D eigenvalue weighted by Gasteiger charge is -2.22. The maximum absolute atomic E-state index is 13.0. The summed E-state index contributed by atoms with van der Waals surface area (Å²) in [6.07, 6.45) is 5.59. The van der Waals surface area contributed by atoms with Gasteiger partial charge in [0.15, 0.2) is 0 Å². The fraction of sp³-hybridized carbons (Fsp3) is 0.375. The summed E-state index contributed by atoms with van der Waals surface area (Å²) in [5, 5.41) is 5.87. The Labute approximate surface area is 182 Å². The first kappa shape index (κ1) is 22.7. The summed E-state index contributed by atoms with van der Waals surface area (Å²) < 4.78 is 11.2. The number of nitrogens with one attached hydrogen (secondary N) is 2. The van der Waals surface area contributed by atoms with Crippen molar-refractivity contribution in [2.75, 3.05) is 19.8 Å². The molecule has 164 valence electrons. The van der Waals surface area contributed by atoms with Gasteiger partial charge in [-0.05, 0) is 48.6 Å². The van der Waals surface area contributed by atoms with Crippen LogP contribution < -0.4 is 10.6 Å². The van der Waals surface area contributed by atoms with E-state index in [4.69, 9.17) is 9.47 Å². The highest BCUT2D eigenvalue weighted by Crippen LogP contribution is 2.15. The summed E-state index contributed by atoms with van der Waals surface area (Å²) in [6.45, 7) is 6.29. The molecule has 0 bridgehead atoms. The lowest BCUT2D eigenvalue weighted by atomic mass is 10.00. The fourth-order valence-corrected chi connectivity index (χ4v) is 3.35. The Kier molecular flexibility index (Phi) is 8.75. The van der Waals surface area contributed by atoms with Crippen LogP contribution in [0, 0.1) is 0 Å². The van der Waals surface area contributed by atoms with Gasteiger partial charge in [-0.25, -0.2) is 0 Å². The van der Waals surface area contributed by atoms with Gasteiger partial charge >= 0.3 is 0 Å². The van der Waals surface area contributed by atoms with Crippen LogP contribution in [0.15, 0.2) is 60.9 Å². The highest BCUT2D eigenvalue weighted by Gasteiger charge is 2.22. The van der Waals surface area contributed by atoms with E-state index in [1.54, 1.807) is 18.5 Å². The van der Waals surface area contributed by atoms with E-state index < -0.39 is 6.04 Å². The molecule has 0 aliphatic carbocycles. The van der Waals surface area contributed by atoms with Crippen LogP contribution in [0.5, 0.6) is 0 Å². The van der Waals surface area contributed by atoms with E-state index in [0.29, 0.717) is 50.5 Å². The first-order valence-electron chi connectivity index (χ1n) is 10.6. The zero-order valence-corrected chi connectivity index (χ0v) is 17.6. The van der Waals surface area contributed by atoms with Gasteiger partial charge in [-0.3, -0.25) is 14.6 Å². The van der Waals surface area contributed by atoms with Crippen molar-refractivity contribution in [1.29, 1.82) is 0 Å². The number of benzene rings is 1. The van der Waals surface area contributed by atoms with Crippen LogP contribution in [-0.4, -0.2) is 42.7 Å². The number of rotatable bonds is 4. The van der Waals surface area contributed by atoms with Crippen LogP contribution in [0.25, 0.3) is 0 Å². The van der Waals surface area contributed by atoms with Gasteiger partial charge in [-0.15, -0.1) is 0 Å². The Hall–Kier alpha value is -3.03. The zero-order valence-electron chi connectivity index (χ0n) is 17.6. The first-order chi connectivity index (χ1) is 15.1. The normalized spacial score (nSPS) is 18.2. The Morgan fingerprint density at radius 1 is 1.10 bits per heavy atom. The molecule has 2 N–H and O–H groups in total. The van der Waals surface area contributed by atoms with E-state index in [-0.39, 0.29) is 11.8 Å². The van der Waals surface area contributed by atoms with Crippen LogP contribution in [0.4, 0.5) is 0 Å². The molecule has 1 unspecified atom stereocenters. The number of pyridine rings is 1. The van der Waals surface area contributed by atoms with Gasteiger partial charge in [0.25, 0.3) is 5.91 Å². The summed E-state index contributed by atoms with van der Waals surface area (Å²) >= 11 is 0. The molecule has 1 aliphatic heterocycles. The molecule has 2 aromatic rings. The molecule has 31 heavy (non-hydrogen) atoms. The Morgan fingerprint density at radius 3 is 2.71 bits per heavy atom. The Morgan fingerprint density at radius 2 is 1.87 bits per heavy atom. The maximum atomic E-state index is 13.0. The largest absolute Gasteiger partial charge is 0.379 e. The molecule has 0 fully saturated rings. The van der Waals surface area contributed by atoms with Gasteiger partial charge < -0.3 is 20.1 Å². The number of hydrogen-bond acceptors (Lipinski definition) is 5. The Bertz CT molecular complexity index is 885. The van der Waals surface area contributed by atoms with E-state index in [0.717, 1.165) is 24.0 Å². The predicted molar refractivity (Wildman–Crippen MR) is 117 cm³/mol. The first-order valence-corrected chi connectivity index (χ1v) is 10.6. The molecule has 1 atom stereocenters. The predicted octanol–water partition coefficient (Wildman–Crippen LogP) is 2.77. The van der Waals surface area contributed by atoms with E-state index in [1.165, 1.54) is 0 Å². The molecule has 0 saturated heterocycles. The third-order valence-corrected chi connectivity index (χ3v) is 5.14. The SMILES string of the molecule is C=C(C(=O)NCc1ccncc1)C1CCCCOCCOCc2ccccc2C(=O)N1. The molecular weight excluding hydrogens is 394 g/mol. The standard InChI is InChI=1S/C24H29N3O4/c1-18(23(28)26-16-19-9-11-25-12-10-19)22-8-4-5-13-30-14-15-31-17-20-6-2-3-7-21(20)24(29)27-22/h2-3,6-7,9-12,22H,1,4-5,8,13-17H2,(H,26,28)(H,27,29). The highest BCUT2D eigenvalue weighted by molar-refractivity contribution is 5.98. The number of amides is 2. The monoisotopic (exact) mass is 423 g/mol. The number of hydrogen-bond donors (Lipinski definition) is 2. The fourth-order valence-electron chi connectivity index (χ4n) is 3.35. The van der Waals surface area contributed by atoms with E-state index in [1.807, 2.05) is 30.3 Å². The smallest absolute Gasteiger partial charge is 0.252 e. The molecule has 3 rings (SSSR count). The molecule has 0 saturated carbocycles. The molecule has 7 heteroatoms. The molecule has 2 heterocycles. The summed E-state index contributed by atoms with van der Waals surface area (Å²) in [5.41, 5.74) is 2.61. The lowest BCUT2D eigenvalue weighted by Crippen LogP contribution is -2.41. The highest BCUT2D eigenvalue weighted by atomic mass is 16.5. The summed E-state index contributed by atoms with van der Waals surface area (Å²) in [7, 11) is 0. The molecule has 7 nitrogen and oxygen atoms in total. The maximum Gasteiger partial charge on any atom is 0.252 e. The van der Waals surface area contributed by atoms with Crippen molar-refractivity contribution in [3.05, 3.63) is 77.6 Å². The molecule has 1 aliphatic rings. The zero-order chi connectivity index (χ0) is 21.9. The average Bonchev–Trinajstić information content (AvgIpc) is 2.80. The minimum absolute atomic E-state index is 0.236. The summed E-state index contributed by atoms with van der Waals surface area (Å²) in [6, 6.07) is 10.5. The van der Waals surface area contributed by atoms with Gasteiger partial charge in [0.2, 0.25) is 5.91 Å². The third-order valence-electron chi connectivity index (χ3n) is 5.14. The van der Waals surface area contributed by atoms with Gasteiger partial charge in [-0.1, -0.05) is 24.8 Å². The summed E-state index contributed by atoms with van der Waals surface area (Å²) in [4.78, 5) is 29.7. The molecule has 0 radical (unpaired) electrons. The van der Waals surface area contributed by atoms with Crippen LogP contribution in [0.1, 0.15) is 40.7 Å². The average molecular weight is 424 g/mol. The topological polar surface area (TPSA) is 89.6 Å². The second-order valence-electron chi connectivity index (χ2n) is 7.41. The van der Waals surface area contributed by atoms with Gasteiger partial charge in [-0.2, -0.15) is 0 Å². The number of carbonyl (C=O) groups excluding carboxylic acids is 2. The van der Waals surface area contributed by atoms with Crippen LogP contribution in [-0.2, 0) is 27.4 Å². The molecule has 1 aromatic carbocycles. The number of nitrogens with zero attached hydrogens (tertiary/aromatic N) is 1. The van der Waals surface area contributed by atoms with Crippen molar-refractivity contribution in [3.63, 3.8) is 0 Å². The van der Waals surface area contributed by atoms with Crippen molar-refractivity contribution < 1.29 is 19.1 Å². The number of aromatic nitrogens is 1. The van der Waals surface area contributed by atoms with Gasteiger partial charge in [0, 0.05) is 36.7 Å². The van der Waals surface area contributed by atoms with Crippen molar-refractivity contribution in [2.45, 2.75) is 38.5 Å². The van der Waals surface area contributed by atoms with E-state index in [2.05, 4.69) is 22.2 Å². The Balaban J connectivity index is 1.70. The van der Waals surface area contributed by atoms with Crippen molar-refractivity contribution in [1.82, 2.24) is 15.6 Å². The van der Waals surface area contributed by atoms with Crippen molar-refractivity contribution >= 4 is 11.8 Å². The van der Waals surface area contributed by atoms with Crippen LogP contribution >= 0.6 is 0 Å². The second-order valence-corrected chi connectivity index (χ2v) is 7.41.